The molecule has 0 amide bonds. The van der Waals surface area contributed by atoms with Crippen LogP contribution in [-0.2, 0) is 4.74 Å². The first-order valence-corrected chi connectivity index (χ1v) is 6.57. The Morgan fingerprint density at radius 3 is 2.55 bits per heavy atom. The van der Waals surface area contributed by atoms with Crippen LogP contribution in [0.2, 0.25) is 0 Å². The van der Waals surface area contributed by atoms with Gasteiger partial charge in [-0.3, -0.25) is 0 Å². The maximum Gasteiger partial charge on any atom is 0.156 e. The minimum Gasteiger partial charge on any atom is -0.388 e. The summed E-state index contributed by atoms with van der Waals surface area (Å²) >= 11 is 0. The Bertz CT molecular complexity index is 598. The first-order chi connectivity index (χ1) is 9.66. The summed E-state index contributed by atoms with van der Waals surface area (Å²) in [5, 5.41) is 34.2. The van der Waals surface area contributed by atoms with Crippen molar-refractivity contribution in [2.24, 2.45) is 0 Å². The highest BCUT2D eigenvalue weighted by molar-refractivity contribution is 5.93. The summed E-state index contributed by atoms with van der Waals surface area (Å²) in [5.41, 5.74) is 0.815. The van der Waals surface area contributed by atoms with Gasteiger partial charge in [-0.25, -0.2) is 0 Å². The molecule has 4 N–H and O–H groups in total. The number of rotatable bonds is 2. The number of ether oxygens (including phenoxy) is 1. The molecule has 4 atom stereocenters. The summed E-state index contributed by atoms with van der Waals surface area (Å²) in [5.74, 6) is 0. The summed E-state index contributed by atoms with van der Waals surface area (Å²) in [6.07, 6.45) is -4.20. The number of anilines is 1. The molecule has 0 bridgehead atoms. The Morgan fingerprint density at radius 2 is 1.70 bits per heavy atom. The lowest BCUT2D eigenvalue weighted by Gasteiger charge is -2.36. The van der Waals surface area contributed by atoms with E-state index in [1.165, 1.54) is 0 Å². The van der Waals surface area contributed by atoms with Crippen molar-refractivity contribution >= 4 is 16.5 Å². The minimum atomic E-state index is -1.21. The van der Waals surface area contributed by atoms with E-state index in [1.54, 1.807) is 0 Å². The van der Waals surface area contributed by atoms with E-state index in [-0.39, 0.29) is 6.61 Å². The number of fused-ring (bicyclic) bond motifs is 1. The highest BCUT2D eigenvalue weighted by Crippen LogP contribution is 2.25. The standard InChI is InChI=1S/C15H17NO4/c17-12-8-20-15(14(19)13(12)18)16-11-7-3-5-9-4-1-2-6-10(9)11/h1-7,12-19H,8H2/t12-,13+,14-,15-/m1/s1. The molecule has 0 aromatic heterocycles. The molecule has 1 saturated heterocycles. The zero-order chi connectivity index (χ0) is 14.1. The molecule has 1 aliphatic heterocycles. The molecule has 106 valence electrons. The van der Waals surface area contributed by atoms with E-state index in [2.05, 4.69) is 5.32 Å². The first-order valence-electron chi connectivity index (χ1n) is 6.57. The maximum absolute atomic E-state index is 9.94. The lowest BCUT2D eigenvalue weighted by atomic mass is 10.0. The molecule has 5 heteroatoms. The van der Waals surface area contributed by atoms with E-state index in [9.17, 15) is 15.3 Å². The number of aliphatic hydroxyl groups is 3. The average molecular weight is 275 g/mol. The molecule has 2 aromatic rings. The quantitative estimate of drug-likeness (QED) is 0.648. The van der Waals surface area contributed by atoms with Crippen molar-refractivity contribution in [3.05, 3.63) is 42.5 Å². The largest absolute Gasteiger partial charge is 0.388 e. The summed E-state index contributed by atoms with van der Waals surface area (Å²) < 4.78 is 5.35. The van der Waals surface area contributed by atoms with Gasteiger partial charge in [0, 0.05) is 11.1 Å². The van der Waals surface area contributed by atoms with Gasteiger partial charge in [-0.15, -0.1) is 0 Å². The van der Waals surface area contributed by atoms with Gasteiger partial charge < -0.3 is 25.4 Å². The van der Waals surface area contributed by atoms with Crippen LogP contribution in [0.1, 0.15) is 0 Å². The fourth-order valence-electron chi connectivity index (χ4n) is 2.44. The normalized spacial score (nSPS) is 30.4. The van der Waals surface area contributed by atoms with Gasteiger partial charge in [0.25, 0.3) is 0 Å². The zero-order valence-corrected chi connectivity index (χ0v) is 10.8. The van der Waals surface area contributed by atoms with Crippen LogP contribution in [0.3, 0.4) is 0 Å². The molecule has 1 heterocycles. The molecule has 3 rings (SSSR count). The molecule has 1 fully saturated rings. The lowest BCUT2D eigenvalue weighted by molar-refractivity contribution is -0.178. The van der Waals surface area contributed by atoms with Gasteiger partial charge in [0.05, 0.1) is 6.61 Å². The van der Waals surface area contributed by atoms with E-state index < -0.39 is 24.5 Å². The zero-order valence-electron chi connectivity index (χ0n) is 10.8. The predicted molar refractivity (Wildman–Crippen MR) is 75.3 cm³/mol. The van der Waals surface area contributed by atoms with Gasteiger partial charge in [-0.1, -0.05) is 36.4 Å². The highest BCUT2D eigenvalue weighted by atomic mass is 16.5. The Kier molecular flexibility index (Phi) is 3.58. The molecule has 0 saturated carbocycles. The van der Waals surface area contributed by atoms with Gasteiger partial charge in [0.1, 0.15) is 18.3 Å². The number of hydrogen-bond acceptors (Lipinski definition) is 5. The van der Waals surface area contributed by atoms with Gasteiger partial charge in [-0.2, -0.15) is 0 Å². The predicted octanol–water partition coefficient (Wildman–Crippen LogP) is 0.691. The first kappa shape index (κ1) is 13.3. The van der Waals surface area contributed by atoms with E-state index in [4.69, 9.17) is 4.74 Å². The smallest absolute Gasteiger partial charge is 0.156 e. The van der Waals surface area contributed by atoms with Crippen molar-refractivity contribution in [1.29, 1.82) is 0 Å². The third-order valence-electron chi connectivity index (χ3n) is 3.59. The number of nitrogens with one attached hydrogen (secondary N) is 1. The molecular weight excluding hydrogens is 258 g/mol. The number of hydrogen-bond donors (Lipinski definition) is 4. The van der Waals surface area contributed by atoms with Crippen molar-refractivity contribution in [3.8, 4) is 0 Å². The van der Waals surface area contributed by atoms with Crippen LogP contribution in [0.25, 0.3) is 10.8 Å². The van der Waals surface area contributed by atoms with Crippen LogP contribution >= 0.6 is 0 Å². The summed E-state index contributed by atoms with van der Waals surface area (Å²) in [7, 11) is 0. The van der Waals surface area contributed by atoms with Gasteiger partial charge in [0.15, 0.2) is 6.23 Å². The highest BCUT2D eigenvalue weighted by Gasteiger charge is 2.37. The summed E-state index contributed by atoms with van der Waals surface area (Å²) in [4.78, 5) is 0. The Labute approximate surface area is 116 Å². The van der Waals surface area contributed by atoms with Crippen LogP contribution in [0.5, 0.6) is 0 Å². The van der Waals surface area contributed by atoms with Crippen LogP contribution in [-0.4, -0.2) is 46.5 Å². The van der Waals surface area contributed by atoms with Gasteiger partial charge in [0.2, 0.25) is 0 Å². The third-order valence-corrected chi connectivity index (χ3v) is 3.59. The molecule has 1 aliphatic rings. The second-order valence-corrected chi connectivity index (χ2v) is 4.97. The monoisotopic (exact) mass is 275 g/mol. The lowest BCUT2D eigenvalue weighted by Crippen LogP contribution is -2.55. The van der Waals surface area contributed by atoms with Crippen molar-refractivity contribution in [3.63, 3.8) is 0 Å². The summed E-state index contributed by atoms with van der Waals surface area (Å²) in [6.45, 7) is -0.0132. The van der Waals surface area contributed by atoms with Crippen molar-refractivity contribution in [2.45, 2.75) is 24.5 Å². The van der Waals surface area contributed by atoms with Crippen LogP contribution in [0.4, 0.5) is 5.69 Å². The van der Waals surface area contributed by atoms with E-state index in [0.29, 0.717) is 0 Å². The fraction of sp³-hybridized carbons (Fsp3) is 0.333. The topological polar surface area (TPSA) is 82.0 Å². The van der Waals surface area contributed by atoms with E-state index in [1.807, 2.05) is 42.5 Å². The minimum absolute atomic E-state index is 0.0132. The average Bonchev–Trinajstić information content (AvgIpc) is 2.48. The molecular formula is C15H17NO4. The molecule has 20 heavy (non-hydrogen) atoms. The van der Waals surface area contributed by atoms with Crippen molar-refractivity contribution in [1.82, 2.24) is 0 Å². The molecule has 0 spiro atoms. The molecule has 5 nitrogen and oxygen atoms in total. The SMILES string of the molecule is O[C@@H]1[C@@H](O)[C@H](Nc2cccc3ccccc23)OC[C@H]1O. The van der Waals surface area contributed by atoms with Crippen LogP contribution in [0, 0.1) is 0 Å². The molecule has 0 radical (unpaired) electrons. The second kappa shape index (κ2) is 5.38. The van der Waals surface area contributed by atoms with Gasteiger partial charge >= 0.3 is 0 Å². The fourth-order valence-corrected chi connectivity index (χ4v) is 2.44. The summed E-state index contributed by atoms with van der Waals surface area (Å²) in [6, 6.07) is 13.6. The van der Waals surface area contributed by atoms with E-state index in [0.717, 1.165) is 16.5 Å². The van der Waals surface area contributed by atoms with Gasteiger partial charge in [-0.05, 0) is 11.5 Å². The number of benzene rings is 2. The maximum atomic E-state index is 9.94. The molecule has 0 aliphatic carbocycles. The van der Waals surface area contributed by atoms with Crippen LogP contribution in [0.15, 0.2) is 42.5 Å². The van der Waals surface area contributed by atoms with Crippen molar-refractivity contribution < 1.29 is 20.1 Å². The Morgan fingerprint density at radius 1 is 0.950 bits per heavy atom. The third kappa shape index (κ3) is 2.36. The Balaban J connectivity index is 1.86. The van der Waals surface area contributed by atoms with E-state index >= 15 is 0 Å². The van der Waals surface area contributed by atoms with Crippen molar-refractivity contribution in [2.75, 3.05) is 11.9 Å². The van der Waals surface area contributed by atoms with Crippen LogP contribution < -0.4 is 5.32 Å². The molecule has 0 unspecified atom stereocenters. The Hall–Kier alpha value is -1.66. The molecule has 2 aromatic carbocycles. The number of aliphatic hydroxyl groups excluding tert-OH is 3. The second-order valence-electron chi connectivity index (χ2n) is 4.97.